The van der Waals surface area contributed by atoms with Gasteiger partial charge in [0.15, 0.2) is 5.15 Å². The highest BCUT2D eigenvalue weighted by Gasteiger charge is 2.22. The minimum absolute atomic E-state index is 0.00493. The predicted octanol–water partition coefficient (Wildman–Crippen LogP) is 2.27. The van der Waals surface area contributed by atoms with E-state index in [1.165, 1.54) is 7.11 Å². The van der Waals surface area contributed by atoms with Gasteiger partial charge < -0.3 is 14.0 Å². The largest absolute Gasteiger partial charge is 0.464 e. The molecule has 0 aliphatic carbocycles. The van der Waals surface area contributed by atoms with Crippen molar-refractivity contribution in [3.05, 3.63) is 51.0 Å². The highest BCUT2D eigenvalue weighted by molar-refractivity contribution is 6.32. The number of hydrogen-bond acceptors (Lipinski definition) is 5. The number of carbonyl (C=O) groups is 1. The second-order valence-corrected chi connectivity index (χ2v) is 5.06. The molecule has 2 aromatic rings. The third-order valence-electron chi connectivity index (χ3n) is 3.16. The van der Waals surface area contributed by atoms with E-state index in [1.54, 1.807) is 0 Å². The zero-order valence-corrected chi connectivity index (χ0v) is 13.6. The van der Waals surface area contributed by atoms with Gasteiger partial charge in [-0.1, -0.05) is 11.6 Å². The zero-order chi connectivity index (χ0) is 17.9. The third kappa shape index (κ3) is 3.60. The summed E-state index contributed by atoms with van der Waals surface area (Å²) in [6.07, 6.45) is 0. The van der Waals surface area contributed by atoms with Gasteiger partial charge in [0.05, 0.1) is 19.4 Å². The minimum atomic E-state index is -0.968. The average molecular weight is 359 g/mol. The Balaban J connectivity index is 2.76. The SMILES string of the molecule is COCCn1c(-c2cc(F)cc(F)c2)c(Cl)nc(C(=O)OC)c1=O. The Kier molecular flexibility index (Phi) is 5.63. The van der Waals surface area contributed by atoms with Crippen LogP contribution in [0.4, 0.5) is 8.78 Å². The lowest BCUT2D eigenvalue weighted by molar-refractivity contribution is 0.0590. The second kappa shape index (κ2) is 7.50. The summed E-state index contributed by atoms with van der Waals surface area (Å²) in [5, 5.41) is -0.267. The van der Waals surface area contributed by atoms with Crippen LogP contribution in [0.25, 0.3) is 11.3 Å². The Bertz CT molecular complexity index is 819. The van der Waals surface area contributed by atoms with Gasteiger partial charge in [0.25, 0.3) is 5.56 Å². The van der Waals surface area contributed by atoms with Crippen LogP contribution in [0, 0.1) is 11.6 Å². The van der Waals surface area contributed by atoms with Crippen LogP contribution in [0.15, 0.2) is 23.0 Å². The smallest absolute Gasteiger partial charge is 0.362 e. The molecular formula is C15H13ClF2N2O4. The molecule has 0 N–H and O–H groups in total. The second-order valence-electron chi connectivity index (χ2n) is 4.70. The third-order valence-corrected chi connectivity index (χ3v) is 3.42. The summed E-state index contributed by atoms with van der Waals surface area (Å²) in [5.41, 5.74) is -1.35. The molecule has 0 saturated heterocycles. The van der Waals surface area contributed by atoms with Gasteiger partial charge in [0.1, 0.15) is 11.6 Å². The zero-order valence-electron chi connectivity index (χ0n) is 12.8. The number of nitrogens with zero attached hydrogens (tertiary/aromatic N) is 2. The first-order valence-corrected chi connectivity index (χ1v) is 7.11. The molecule has 1 aromatic carbocycles. The number of halogens is 3. The van der Waals surface area contributed by atoms with Crippen molar-refractivity contribution in [2.75, 3.05) is 20.8 Å². The van der Waals surface area contributed by atoms with Gasteiger partial charge in [-0.3, -0.25) is 4.79 Å². The van der Waals surface area contributed by atoms with Crippen molar-refractivity contribution < 1.29 is 23.0 Å². The molecule has 0 aliphatic rings. The average Bonchev–Trinajstić information content (AvgIpc) is 2.53. The molecule has 6 nitrogen and oxygen atoms in total. The molecule has 0 amide bonds. The number of benzene rings is 1. The Morgan fingerprint density at radius 3 is 2.42 bits per heavy atom. The normalized spacial score (nSPS) is 10.7. The summed E-state index contributed by atoms with van der Waals surface area (Å²) in [4.78, 5) is 27.9. The van der Waals surface area contributed by atoms with Crippen LogP contribution in [0.3, 0.4) is 0 Å². The van der Waals surface area contributed by atoms with Gasteiger partial charge >= 0.3 is 5.97 Å². The fraction of sp³-hybridized carbons (Fsp3) is 0.267. The van der Waals surface area contributed by atoms with E-state index in [1.807, 2.05) is 0 Å². The van der Waals surface area contributed by atoms with Crippen molar-refractivity contribution in [1.82, 2.24) is 9.55 Å². The maximum Gasteiger partial charge on any atom is 0.362 e. The lowest BCUT2D eigenvalue weighted by atomic mass is 10.1. The summed E-state index contributed by atoms with van der Waals surface area (Å²) in [5.74, 6) is -2.65. The Morgan fingerprint density at radius 1 is 1.25 bits per heavy atom. The first-order chi connectivity index (χ1) is 11.4. The minimum Gasteiger partial charge on any atom is -0.464 e. The Labute approximate surface area is 140 Å². The van der Waals surface area contributed by atoms with E-state index in [2.05, 4.69) is 9.72 Å². The van der Waals surface area contributed by atoms with Gasteiger partial charge in [-0.05, 0) is 12.1 Å². The lowest BCUT2D eigenvalue weighted by Crippen LogP contribution is -2.31. The molecule has 24 heavy (non-hydrogen) atoms. The van der Waals surface area contributed by atoms with Crippen molar-refractivity contribution in [2.24, 2.45) is 0 Å². The molecule has 1 heterocycles. The summed E-state index contributed by atoms with van der Waals surface area (Å²) in [7, 11) is 2.50. The molecule has 2 rings (SSSR count). The van der Waals surface area contributed by atoms with Crippen LogP contribution in [-0.2, 0) is 16.0 Å². The van der Waals surface area contributed by atoms with Gasteiger partial charge in [-0.25, -0.2) is 18.6 Å². The summed E-state index contributed by atoms with van der Waals surface area (Å²) < 4.78 is 37.5. The van der Waals surface area contributed by atoms with E-state index in [4.69, 9.17) is 16.3 Å². The fourth-order valence-electron chi connectivity index (χ4n) is 2.13. The van der Waals surface area contributed by atoms with E-state index in [0.717, 1.165) is 23.8 Å². The van der Waals surface area contributed by atoms with Gasteiger partial charge in [0, 0.05) is 25.3 Å². The van der Waals surface area contributed by atoms with Crippen LogP contribution in [0.2, 0.25) is 5.15 Å². The predicted molar refractivity (Wildman–Crippen MR) is 82.1 cm³/mol. The molecule has 0 unspecified atom stereocenters. The molecule has 9 heteroatoms. The Hall–Kier alpha value is -2.32. The van der Waals surface area contributed by atoms with Crippen molar-refractivity contribution in [1.29, 1.82) is 0 Å². The van der Waals surface area contributed by atoms with Crippen LogP contribution in [-0.4, -0.2) is 36.3 Å². The molecule has 0 radical (unpaired) electrons. The number of hydrogen-bond donors (Lipinski definition) is 0. The standard InChI is InChI=1S/C15H13ClF2N2O4/c1-23-4-3-20-12(8-5-9(17)7-10(18)6-8)13(16)19-11(14(20)21)15(22)24-2/h5-7H,3-4H2,1-2H3. The first kappa shape index (κ1) is 18.0. The number of aromatic nitrogens is 2. The van der Waals surface area contributed by atoms with E-state index in [-0.39, 0.29) is 29.6 Å². The van der Waals surface area contributed by atoms with Gasteiger partial charge in [-0.2, -0.15) is 0 Å². The molecule has 1 aromatic heterocycles. The van der Waals surface area contributed by atoms with E-state index < -0.39 is 28.9 Å². The monoisotopic (exact) mass is 358 g/mol. The fourth-order valence-corrected chi connectivity index (χ4v) is 2.43. The maximum absolute atomic E-state index is 13.5. The highest BCUT2D eigenvalue weighted by atomic mass is 35.5. The molecular weight excluding hydrogens is 346 g/mol. The molecule has 0 fully saturated rings. The van der Waals surface area contributed by atoms with Gasteiger partial charge in [-0.15, -0.1) is 0 Å². The first-order valence-electron chi connectivity index (χ1n) is 6.73. The molecule has 0 aliphatic heterocycles. The maximum atomic E-state index is 13.5. The van der Waals surface area contributed by atoms with Gasteiger partial charge in [0.2, 0.25) is 5.69 Å². The van der Waals surface area contributed by atoms with Crippen LogP contribution >= 0.6 is 11.6 Å². The Morgan fingerprint density at radius 2 is 1.88 bits per heavy atom. The van der Waals surface area contributed by atoms with E-state index in [0.29, 0.717) is 6.07 Å². The van der Waals surface area contributed by atoms with Crippen LogP contribution in [0.5, 0.6) is 0 Å². The molecule has 128 valence electrons. The molecule has 0 bridgehead atoms. The van der Waals surface area contributed by atoms with Crippen molar-refractivity contribution in [3.63, 3.8) is 0 Å². The number of methoxy groups -OCH3 is 2. The quantitative estimate of drug-likeness (QED) is 0.767. The van der Waals surface area contributed by atoms with Crippen LogP contribution in [0.1, 0.15) is 10.5 Å². The topological polar surface area (TPSA) is 70.4 Å². The van der Waals surface area contributed by atoms with Crippen molar-refractivity contribution >= 4 is 17.6 Å². The molecule has 0 atom stereocenters. The van der Waals surface area contributed by atoms with Crippen molar-refractivity contribution in [2.45, 2.75) is 6.54 Å². The summed E-state index contributed by atoms with van der Waals surface area (Å²) in [6, 6.07) is 2.70. The van der Waals surface area contributed by atoms with Crippen molar-refractivity contribution in [3.8, 4) is 11.3 Å². The summed E-state index contributed by atoms with van der Waals surface area (Å²) in [6.45, 7) is 0.0979. The highest BCUT2D eigenvalue weighted by Crippen LogP contribution is 2.27. The van der Waals surface area contributed by atoms with E-state index in [9.17, 15) is 18.4 Å². The number of ether oxygens (including phenoxy) is 2. The molecule has 0 spiro atoms. The van der Waals surface area contributed by atoms with E-state index >= 15 is 0 Å². The number of carbonyl (C=O) groups excluding carboxylic acids is 1. The van der Waals surface area contributed by atoms with Crippen LogP contribution < -0.4 is 5.56 Å². The lowest BCUT2D eigenvalue weighted by Gasteiger charge is -2.15. The summed E-state index contributed by atoms with van der Waals surface area (Å²) >= 11 is 6.06. The molecule has 0 saturated carbocycles. The number of rotatable bonds is 5. The number of esters is 1.